The van der Waals surface area contributed by atoms with E-state index in [4.69, 9.17) is 0 Å². The van der Waals surface area contributed by atoms with Crippen LogP contribution in [0.15, 0.2) is 10.1 Å². The second kappa shape index (κ2) is 10.1. The van der Waals surface area contributed by atoms with E-state index in [1.165, 1.54) is 0 Å². The zero-order chi connectivity index (χ0) is 30.7. The Kier molecular flexibility index (Phi) is 9.23. The fourth-order valence-corrected chi connectivity index (χ4v) is 3.74. The highest BCUT2D eigenvalue weighted by atomic mass is 32.1. The number of halogens is 18. The lowest BCUT2D eigenvalue weighted by molar-refractivity contribution is -0.397. The van der Waals surface area contributed by atoms with Crippen molar-refractivity contribution in [1.29, 1.82) is 0 Å². The van der Waals surface area contributed by atoms with E-state index in [1.54, 1.807) is 0 Å². The van der Waals surface area contributed by atoms with Crippen LogP contribution in [-0.2, 0) is 13.1 Å². The smallest absolute Gasteiger partial charge is 0.311 e. The molecule has 1 rings (SSSR count). The van der Waals surface area contributed by atoms with Crippen molar-refractivity contribution in [2.75, 3.05) is 0 Å². The predicted molar refractivity (Wildman–Crippen MR) is 98.8 cm³/mol. The van der Waals surface area contributed by atoms with Crippen LogP contribution in [0.5, 0.6) is 0 Å². The van der Waals surface area contributed by atoms with Gasteiger partial charge in [0.15, 0.2) is 4.77 Å². The highest BCUT2D eigenvalue weighted by Crippen LogP contribution is 2.55. The van der Waals surface area contributed by atoms with Crippen molar-refractivity contribution in [2.24, 2.45) is 0 Å². The third-order valence-electron chi connectivity index (χ3n) is 4.89. The van der Waals surface area contributed by atoms with Crippen LogP contribution in [0.2, 0.25) is 0 Å². The number of alkyl halides is 18. The summed E-state index contributed by atoms with van der Waals surface area (Å²) in [5.41, 5.74) is 0. The summed E-state index contributed by atoms with van der Waals surface area (Å²) in [6, 6.07) is 0. The van der Waals surface area contributed by atoms with E-state index in [1.807, 2.05) is 0 Å². The molecular formula is C15H10F18N2S3. The summed E-state index contributed by atoms with van der Waals surface area (Å²) in [4.78, 5) is 0. The largest absolute Gasteiger partial charge is 0.460 e. The van der Waals surface area contributed by atoms with E-state index >= 15 is 0 Å². The van der Waals surface area contributed by atoms with Gasteiger partial charge in [0.2, 0.25) is 0 Å². The molecule has 0 amide bonds. The van der Waals surface area contributed by atoms with E-state index in [0.717, 1.165) is 0 Å². The second-order valence-corrected chi connectivity index (χ2v) is 8.65. The van der Waals surface area contributed by atoms with Crippen LogP contribution in [0.3, 0.4) is 0 Å². The normalized spacial score (nSPS) is 15.4. The fraction of sp³-hybridized carbons (Fsp3) is 0.800. The Balaban J connectivity index is 3.27. The number of hydrogen-bond donors (Lipinski definition) is 2. The molecule has 0 aromatic carbocycles. The van der Waals surface area contributed by atoms with Crippen molar-refractivity contribution in [3.8, 4) is 0 Å². The van der Waals surface area contributed by atoms with Crippen LogP contribution in [0.1, 0.15) is 12.8 Å². The van der Waals surface area contributed by atoms with Gasteiger partial charge in [0.25, 0.3) is 0 Å². The van der Waals surface area contributed by atoms with Crippen molar-refractivity contribution in [2.45, 2.75) is 83.9 Å². The Labute approximate surface area is 214 Å². The first kappa shape index (κ1) is 34.9. The zero-order valence-corrected chi connectivity index (χ0v) is 19.9. The molecule has 0 saturated heterocycles. The van der Waals surface area contributed by atoms with Crippen LogP contribution in [-0.4, -0.2) is 57.0 Å². The van der Waals surface area contributed by atoms with Gasteiger partial charge in [-0.3, -0.25) is 0 Å². The van der Waals surface area contributed by atoms with Gasteiger partial charge in [-0.25, -0.2) is 0 Å². The molecule has 2 nitrogen and oxygen atoms in total. The van der Waals surface area contributed by atoms with E-state index in [2.05, 4.69) is 37.5 Å². The number of hydrogen-bond acceptors (Lipinski definition) is 3. The van der Waals surface area contributed by atoms with E-state index in [0.29, 0.717) is 0 Å². The Morgan fingerprint density at radius 3 is 0.921 bits per heavy atom. The lowest BCUT2D eigenvalue weighted by Gasteiger charge is -2.33. The first-order valence-electron chi connectivity index (χ1n) is 9.04. The van der Waals surface area contributed by atoms with Crippen molar-refractivity contribution in [3.63, 3.8) is 0 Å². The molecule has 1 aromatic rings. The topological polar surface area (TPSA) is 9.86 Å². The van der Waals surface area contributed by atoms with Crippen LogP contribution in [0.25, 0.3) is 0 Å². The minimum atomic E-state index is -7.23. The van der Waals surface area contributed by atoms with Crippen LogP contribution in [0.4, 0.5) is 79.0 Å². The molecule has 0 aliphatic rings. The molecule has 0 atom stereocenters. The zero-order valence-electron chi connectivity index (χ0n) is 17.3. The molecule has 38 heavy (non-hydrogen) atoms. The molecule has 0 fully saturated rings. The van der Waals surface area contributed by atoms with Crippen LogP contribution in [0, 0.1) is 4.77 Å². The van der Waals surface area contributed by atoms with Crippen LogP contribution >= 0.6 is 37.5 Å². The molecule has 0 bridgehead atoms. The predicted octanol–water partition coefficient (Wildman–Crippen LogP) is 8.31. The summed E-state index contributed by atoms with van der Waals surface area (Å²) in [5.74, 6) is -40.7. The average Bonchev–Trinajstić information content (AvgIpc) is 2.90. The third-order valence-corrected chi connectivity index (χ3v) is 6.42. The lowest BCUT2D eigenvalue weighted by Crippen LogP contribution is -2.61. The standard InChI is InChI=1S/C15H10F18N2S3/c16-8(17,10(20,21)12(24,25)14(28,29)30)1-3-34-5(36)6(37)35(7(34)38)4-2-9(18,19)11(22,23)13(26,27)15(31,32)33/h36-37H,1-4H2. The Bertz CT molecular complexity index is 984. The fourth-order valence-electron chi connectivity index (χ4n) is 2.61. The second-order valence-electron chi connectivity index (χ2n) is 7.44. The van der Waals surface area contributed by atoms with Gasteiger partial charge in [-0.15, -0.1) is 25.3 Å². The molecule has 0 spiro atoms. The lowest BCUT2D eigenvalue weighted by atomic mass is 10.0. The maximum absolute atomic E-state index is 13.8. The highest BCUT2D eigenvalue weighted by molar-refractivity contribution is 7.83. The van der Waals surface area contributed by atoms with Gasteiger partial charge in [-0.05, 0) is 12.2 Å². The number of imidazole rings is 1. The molecule has 0 aliphatic heterocycles. The molecule has 0 unspecified atom stereocenters. The van der Waals surface area contributed by atoms with Crippen molar-refractivity contribution in [1.82, 2.24) is 9.13 Å². The summed E-state index contributed by atoms with van der Waals surface area (Å²) < 4.78 is 233. The maximum Gasteiger partial charge on any atom is 0.460 e. The molecular weight excluding hydrogens is 646 g/mol. The molecule has 0 saturated carbocycles. The molecule has 0 aliphatic carbocycles. The van der Waals surface area contributed by atoms with Gasteiger partial charge in [-0.2, -0.15) is 79.0 Å². The Hall–Kier alpha value is -1.13. The van der Waals surface area contributed by atoms with Gasteiger partial charge in [0.1, 0.15) is 10.1 Å². The number of nitrogens with zero attached hydrogens (tertiary/aromatic N) is 2. The van der Waals surface area contributed by atoms with Crippen molar-refractivity contribution >= 4 is 37.5 Å². The highest BCUT2D eigenvalue weighted by Gasteiger charge is 2.82. The molecule has 0 N–H and O–H groups in total. The van der Waals surface area contributed by atoms with Gasteiger partial charge < -0.3 is 9.13 Å². The van der Waals surface area contributed by atoms with Gasteiger partial charge in [0, 0.05) is 25.9 Å². The Morgan fingerprint density at radius 1 is 0.474 bits per heavy atom. The average molecular weight is 656 g/mol. The summed E-state index contributed by atoms with van der Waals surface area (Å²) in [6.07, 6.45) is -19.3. The first-order chi connectivity index (χ1) is 16.4. The van der Waals surface area contributed by atoms with Gasteiger partial charge in [-0.1, -0.05) is 0 Å². The summed E-state index contributed by atoms with van der Waals surface area (Å²) in [6.45, 7) is -3.37. The monoisotopic (exact) mass is 656 g/mol. The van der Waals surface area contributed by atoms with Gasteiger partial charge >= 0.3 is 47.9 Å². The number of thiol groups is 2. The van der Waals surface area contributed by atoms with E-state index in [-0.39, 0.29) is 9.13 Å². The minimum absolute atomic E-state index is 0.108. The molecule has 1 aromatic heterocycles. The Morgan fingerprint density at radius 2 is 0.711 bits per heavy atom. The summed E-state index contributed by atoms with van der Waals surface area (Å²) in [7, 11) is 0. The molecule has 1 heterocycles. The molecule has 23 heteroatoms. The van der Waals surface area contributed by atoms with Gasteiger partial charge in [0.05, 0.1) is 0 Å². The quantitative estimate of drug-likeness (QED) is 0.147. The maximum atomic E-state index is 13.8. The SMILES string of the molecule is FC(F)(F)C(F)(F)C(F)(F)C(F)(F)CCn1c(S)c(S)n(CCC(F)(F)C(F)(F)C(F)(F)C(F)(F)F)c1=S. The third kappa shape index (κ3) is 5.55. The number of aromatic nitrogens is 2. The van der Waals surface area contributed by atoms with Crippen molar-refractivity contribution in [3.05, 3.63) is 4.77 Å². The van der Waals surface area contributed by atoms with E-state index < -0.39 is 88.6 Å². The van der Waals surface area contributed by atoms with Crippen LogP contribution < -0.4 is 0 Å². The summed E-state index contributed by atoms with van der Waals surface area (Å²) >= 11 is 11.6. The molecule has 224 valence electrons. The number of rotatable bonds is 10. The molecule has 0 radical (unpaired) electrons. The van der Waals surface area contributed by atoms with Crippen molar-refractivity contribution < 1.29 is 79.0 Å². The first-order valence-corrected chi connectivity index (χ1v) is 10.3. The minimum Gasteiger partial charge on any atom is -0.311 e. The summed E-state index contributed by atoms with van der Waals surface area (Å²) in [5, 5.41) is -1.73. The van der Waals surface area contributed by atoms with E-state index in [9.17, 15) is 79.0 Å².